The summed E-state index contributed by atoms with van der Waals surface area (Å²) in [6.45, 7) is 2.28. The van der Waals surface area contributed by atoms with Gasteiger partial charge in [-0.1, -0.05) is 11.8 Å². The molecule has 0 saturated carbocycles. The van der Waals surface area contributed by atoms with Crippen molar-refractivity contribution >= 4 is 28.7 Å². The first kappa shape index (κ1) is 16.5. The van der Waals surface area contributed by atoms with E-state index >= 15 is 0 Å². The Morgan fingerprint density at radius 3 is 2.96 bits per heavy atom. The van der Waals surface area contributed by atoms with Gasteiger partial charge >= 0.3 is 0 Å². The Balaban J connectivity index is 1.86. The topological polar surface area (TPSA) is 94.8 Å². The van der Waals surface area contributed by atoms with E-state index in [1.165, 1.54) is 34.9 Å². The van der Waals surface area contributed by atoms with Gasteiger partial charge in [0, 0.05) is 12.6 Å². The van der Waals surface area contributed by atoms with Gasteiger partial charge in [-0.2, -0.15) is 5.26 Å². The van der Waals surface area contributed by atoms with Gasteiger partial charge in [-0.05, 0) is 25.1 Å². The molecule has 1 aromatic rings. The lowest BCUT2D eigenvalue weighted by molar-refractivity contribution is -0.128. The van der Waals surface area contributed by atoms with E-state index in [1.54, 1.807) is 7.05 Å². The lowest BCUT2D eigenvalue weighted by atomic mass is 9.92. The molecule has 0 spiro atoms. The van der Waals surface area contributed by atoms with Crippen molar-refractivity contribution in [1.29, 1.82) is 5.26 Å². The van der Waals surface area contributed by atoms with Gasteiger partial charge in [0.15, 0.2) is 5.96 Å². The SMILES string of the molecule is CN1C(=O)C[C@@](C)(C2CN=C(c3cc(C#N)ccc3F)S2)N=C1N. The Labute approximate surface area is 143 Å². The molecule has 6 nitrogen and oxygen atoms in total. The maximum absolute atomic E-state index is 14.1. The van der Waals surface area contributed by atoms with Crippen molar-refractivity contribution in [3.63, 3.8) is 0 Å². The molecule has 2 atom stereocenters. The lowest BCUT2D eigenvalue weighted by Crippen LogP contribution is -2.52. The number of amides is 1. The summed E-state index contributed by atoms with van der Waals surface area (Å²) >= 11 is 1.37. The first-order valence-corrected chi connectivity index (χ1v) is 8.25. The monoisotopic (exact) mass is 345 g/mol. The Morgan fingerprint density at radius 1 is 1.54 bits per heavy atom. The zero-order valence-electron chi connectivity index (χ0n) is 13.3. The molecular formula is C16H16FN5OS. The molecule has 0 radical (unpaired) electrons. The number of nitrogens with zero attached hydrogens (tertiary/aromatic N) is 4. The van der Waals surface area contributed by atoms with Crippen molar-refractivity contribution in [1.82, 2.24) is 4.90 Å². The van der Waals surface area contributed by atoms with E-state index < -0.39 is 11.4 Å². The van der Waals surface area contributed by atoms with E-state index in [4.69, 9.17) is 11.0 Å². The van der Waals surface area contributed by atoms with Crippen molar-refractivity contribution in [2.45, 2.75) is 24.1 Å². The molecule has 0 fully saturated rings. The molecule has 3 rings (SSSR count). The maximum Gasteiger partial charge on any atom is 0.231 e. The van der Waals surface area contributed by atoms with Crippen LogP contribution in [0.1, 0.15) is 24.5 Å². The summed E-state index contributed by atoms with van der Waals surface area (Å²) < 4.78 is 14.1. The molecule has 0 saturated heterocycles. The fourth-order valence-electron chi connectivity index (χ4n) is 2.72. The van der Waals surface area contributed by atoms with Crippen LogP contribution >= 0.6 is 11.8 Å². The van der Waals surface area contributed by atoms with Crippen LogP contribution in [0.3, 0.4) is 0 Å². The number of hydrogen-bond acceptors (Lipinski definition) is 6. The third-order valence-electron chi connectivity index (χ3n) is 4.27. The van der Waals surface area contributed by atoms with E-state index in [9.17, 15) is 9.18 Å². The lowest BCUT2D eigenvalue weighted by Gasteiger charge is -2.36. The van der Waals surface area contributed by atoms with Gasteiger partial charge in [0.05, 0.1) is 35.4 Å². The van der Waals surface area contributed by atoms with Gasteiger partial charge in [-0.25, -0.2) is 9.38 Å². The van der Waals surface area contributed by atoms with Crippen molar-refractivity contribution in [2.24, 2.45) is 15.7 Å². The van der Waals surface area contributed by atoms with Crippen molar-refractivity contribution in [3.05, 3.63) is 35.1 Å². The standard InChI is InChI=1S/C16H16FN5OS/c1-16(6-13(23)22(2)15(19)21-16)12-8-20-14(24-12)10-5-9(7-18)3-4-11(10)17/h3-5,12H,6,8H2,1-2H3,(H2,19,21)/t12?,16-/m0/s1. The third kappa shape index (κ3) is 2.76. The number of benzene rings is 1. The van der Waals surface area contributed by atoms with Crippen LogP contribution in [0.4, 0.5) is 4.39 Å². The highest BCUT2D eigenvalue weighted by Gasteiger charge is 2.44. The van der Waals surface area contributed by atoms with Crippen molar-refractivity contribution in [2.75, 3.05) is 13.6 Å². The second-order valence-corrected chi connectivity index (χ2v) is 7.21. The fourth-order valence-corrected chi connectivity index (χ4v) is 3.96. The van der Waals surface area contributed by atoms with Gasteiger partial charge < -0.3 is 5.73 Å². The average Bonchev–Trinajstić information content (AvgIpc) is 3.03. The number of nitrogens with two attached hydrogens (primary N) is 1. The molecule has 2 heterocycles. The summed E-state index contributed by atoms with van der Waals surface area (Å²) in [6.07, 6.45) is 0.228. The molecule has 8 heteroatoms. The first-order chi connectivity index (χ1) is 11.3. The Kier molecular flexibility index (Phi) is 4.05. The minimum absolute atomic E-state index is 0.100. The van der Waals surface area contributed by atoms with Gasteiger partial charge in [-0.3, -0.25) is 14.7 Å². The second-order valence-electron chi connectivity index (χ2n) is 6.02. The van der Waals surface area contributed by atoms with Crippen molar-refractivity contribution in [3.8, 4) is 6.07 Å². The zero-order valence-corrected chi connectivity index (χ0v) is 14.1. The average molecular weight is 345 g/mol. The number of guanidine groups is 1. The number of nitriles is 1. The molecule has 0 aliphatic carbocycles. The predicted molar refractivity (Wildman–Crippen MR) is 91.3 cm³/mol. The number of carbonyl (C=O) groups is 1. The minimum Gasteiger partial charge on any atom is -0.369 e. The molecule has 0 aromatic heterocycles. The van der Waals surface area contributed by atoms with Crippen LogP contribution in [0.5, 0.6) is 0 Å². The molecule has 124 valence electrons. The highest BCUT2D eigenvalue weighted by Crippen LogP contribution is 2.39. The van der Waals surface area contributed by atoms with Crippen LogP contribution in [-0.4, -0.2) is 46.2 Å². The quantitative estimate of drug-likeness (QED) is 0.878. The maximum atomic E-state index is 14.1. The third-order valence-corrected chi connectivity index (χ3v) is 5.78. The Hall–Kier alpha value is -2.40. The van der Waals surface area contributed by atoms with Gasteiger partial charge in [-0.15, -0.1) is 0 Å². The number of hydrogen-bond donors (Lipinski definition) is 1. The summed E-state index contributed by atoms with van der Waals surface area (Å²) in [5, 5.41) is 9.39. The summed E-state index contributed by atoms with van der Waals surface area (Å²) in [7, 11) is 1.59. The van der Waals surface area contributed by atoms with Gasteiger partial charge in [0.1, 0.15) is 10.9 Å². The van der Waals surface area contributed by atoms with E-state index in [1.807, 2.05) is 13.0 Å². The molecule has 1 amide bonds. The van der Waals surface area contributed by atoms with E-state index in [2.05, 4.69) is 9.98 Å². The molecule has 0 bridgehead atoms. The van der Waals surface area contributed by atoms with Crippen LogP contribution in [0, 0.1) is 17.1 Å². The largest absolute Gasteiger partial charge is 0.369 e. The number of carbonyl (C=O) groups excluding carboxylic acids is 1. The van der Waals surface area contributed by atoms with Crippen LogP contribution in [-0.2, 0) is 4.79 Å². The smallest absolute Gasteiger partial charge is 0.231 e. The molecular weight excluding hydrogens is 329 g/mol. The molecule has 2 aliphatic heterocycles. The Morgan fingerprint density at radius 2 is 2.29 bits per heavy atom. The predicted octanol–water partition coefficient (Wildman–Crippen LogP) is 1.49. The minimum atomic E-state index is -0.688. The summed E-state index contributed by atoms with van der Waals surface area (Å²) in [4.78, 5) is 22.3. The molecule has 2 N–H and O–H groups in total. The highest BCUT2D eigenvalue weighted by atomic mass is 32.2. The number of aliphatic imine (C=N–C) groups is 2. The van der Waals surface area contributed by atoms with E-state index in [0.717, 1.165) is 0 Å². The van der Waals surface area contributed by atoms with Crippen LogP contribution in [0.25, 0.3) is 0 Å². The fraction of sp³-hybridized carbons (Fsp3) is 0.375. The summed E-state index contributed by atoms with van der Waals surface area (Å²) in [5.41, 5.74) is 5.83. The van der Waals surface area contributed by atoms with E-state index in [-0.39, 0.29) is 23.5 Å². The second kappa shape index (κ2) is 5.91. The van der Waals surface area contributed by atoms with Crippen LogP contribution in [0.2, 0.25) is 0 Å². The van der Waals surface area contributed by atoms with Crippen LogP contribution in [0.15, 0.2) is 28.2 Å². The number of rotatable bonds is 2. The highest BCUT2D eigenvalue weighted by molar-refractivity contribution is 8.15. The number of halogens is 1. The molecule has 2 aliphatic rings. The van der Waals surface area contributed by atoms with Crippen LogP contribution < -0.4 is 5.73 Å². The summed E-state index contributed by atoms with van der Waals surface area (Å²) in [5.74, 6) is -0.342. The number of thioether (sulfide) groups is 1. The zero-order chi connectivity index (χ0) is 17.5. The van der Waals surface area contributed by atoms with Gasteiger partial charge in [0.2, 0.25) is 5.91 Å². The summed E-state index contributed by atoms with van der Waals surface area (Å²) in [6, 6.07) is 6.18. The Bertz CT molecular complexity index is 815. The van der Waals surface area contributed by atoms with Gasteiger partial charge in [0.25, 0.3) is 0 Å². The molecule has 1 unspecified atom stereocenters. The first-order valence-electron chi connectivity index (χ1n) is 7.37. The molecule has 24 heavy (non-hydrogen) atoms. The normalized spacial score (nSPS) is 26.8. The van der Waals surface area contributed by atoms with Crippen molar-refractivity contribution < 1.29 is 9.18 Å². The molecule has 1 aromatic carbocycles. The van der Waals surface area contributed by atoms with E-state index in [0.29, 0.717) is 22.7 Å².